The minimum absolute atomic E-state index is 0.0373. The lowest BCUT2D eigenvalue weighted by atomic mass is 10.1. The number of imide groups is 1. The van der Waals surface area contributed by atoms with Gasteiger partial charge in [0, 0.05) is 8.95 Å². The SMILES string of the molecule is COc1cc(/C=C2/NC(=O)N(Cc3ccc(F)cc3)C2=O)c(Br)cc1OCc1ccc(Br)cc1. The highest BCUT2D eigenvalue weighted by molar-refractivity contribution is 9.10. The highest BCUT2D eigenvalue weighted by Crippen LogP contribution is 2.35. The number of nitrogens with one attached hydrogen (secondary N) is 1. The van der Waals surface area contributed by atoms with Crippen LogP contribution in [0.1, 0.15) is 16.7 Å². The normalized spacial score (nSPS) is 14.5. The Morgan fingerprint density at radius 3 is 2.32 bits per heavy atom. The monoisotopic (exact) mass is 588 g/mol. The zero-order chi connectivity index (χ0) is 24.2. The van der Waals surface area contributed by atoms with Crippen LogP contribution < -0.4 is 14.8 Å². The highest BCUT2D eigenvalue weighted by atomic mass is 79.9. The van der Waals surface area contributed by atoms with Crippen LogP contribution in [-0.2, 0) is 17.9 Å². The van der Waals surface area contributed by atoms with E-state index in [1.165, 1.54) is 31.4 Å². The summed E-state index contributed by atoms with van der Waals surface area (Å²) in [4.78, 5) is 26.3. The number of carbonyl (C=O) groups excluding carboxylic acids is 2. The number of carbonyl (C=O) groups is 2. The van der Waals surface area contributed by atoms with E-state index >= 15 is 0 Å². The molecule has 6 nitrogen and oxygen atoms in total. The number of hydrogen-bond donors (Lipinski definition) is 1. The molecular weight excluding hydrogens is 571 g/mol. The van der Waals surface area contributed by atoms with Crippen molar-refractivity contribution in [2.24, 2.45) is 0 Å². The Labute approximate surface area is 212 Å². The fourth-order valence-electron chi connectivity index (χ4n) is 3.32. The van der Waals surface area contributed by atoms with Gasteiger partial charge in [-0.15, -0.1) is 0 Å². The first kappa shape index (κ1) is 24.0. The molecule has 0 bridgehead atoms. The van der Waals surface area contributed by atoms with Crippen molar-refractivity contribution in [1.29, 1.82) is 0 Å². The van der Waals surface area contributed by atoms with Crippen LogP contribution >= 0.6 is 31.9 Å². The fraction of sp³-hybridized carbons (Fsp3) is 0.120. The molecule has 3 aromatic carbocycles. The summed E-state index contributed by atoms with van der Waals surface area (Å²) in [5.74, 6) is 0.145. The molecule has 0 saturated carbocycles. The lowest BCUT2D eigenvalue weighted by Gasteiger charge is -2.13. The molecule has 34 heavy (non-hydrogen) atoms. The molecule has 0 aromatic heterocycles. The second-order valence-corrected chi connectivity index (χ2v) is 9.22. The number of hydrogen-bond acceptors (Lipinski definition) is 4. The van der Waals surface area contributed by atoms with Crippen LogP contribution in [0, 0.1) is 5.82 Å². The number of benzene rings is 3. The zero-order valence-electron chi connectivity index (χ0n) is 18.0. The van der Waals surface area contributed by atoms with E-state index in [1.54, 1.807) is 18.2 Å². The van der Waals surface area contributed by atoms with Crippen LogP contribution in [0.3, 0.4) is 0 Å². The Kier molecular flexibility index (Phi) is 7.33. The number of halogens is 3. The molecule has 1 fully saturated rings. The molecule has 1 aliphatic rings. The molecule has 3 aromatic rings. The molecule has 0 atom stereocenters. The molecular formula is C25H19Br2FN2O4. The molecule has 1 aliphatic heterocycles. The molecule has 4 rings (SSSR count). The average molecular weight is 590 g/mol. The van der Waals surface area contributed by atoms with Gasteiger partial charge >= 0.3 is 6.03 Å². The quantitative estimate of drug-likeness (QED) is 0.270. The van der Waals surface area contributed by atoms with Crippen molar-refractivity contribution in [2.45, 2.75) is 13.2 Å². The maximum absolute atomic E-state index is 13.1. The molecule has 0 radical (unpaired) electrons. The van der Waals surface area contributed by atoms with E-state index in [4.69, 9.17) is 9.47 Å². The topological polar surface area (TPSA) is 67.9 Å². The number of ether oxygens (including phenoxy) is 2. The van der Waals surface area contributed by atoms with Crippen LogP contribution in [-0.4, -0.2) is 23.9 Å². The number of rotatable bonds is 7. The van der Waals surface area contributed by atoms with Gasteiger partial charge in [-0.3, -0.25) is 9.69 Å². The molecule has 3 amide bonds. The van der Waals surface area contributed by atoms with Gasteiger partial charge in [-0.1, -0.05) is 56.1 Å². The maximum Gasteiger partial charge on any atom is 0.329 e. The third-order valence-electron chi connectivity index (χ3n) is 5.11. The number of methoxy groups -OCH3 is 1. The highest BCUT2D eigenvalue weighted by Gasteiger charge is 2.33. The summed E-state index contributed by atoms with van der Waals surface area (Å²) in [5.41, 5.74) is 2.38. The van der Waals surface area contributed by atoms with Crippen LogP contribution in [0.5, 0.6) is 11.5 Å². The van der Waals surface area contributed by atoms with Crippen molar-refractivity contribution in [3.8, 4) is 11.5 Å². The van der Waals surface area contributed by atoms with E-state index in [-0.39, 0.29) is 18.1 Å². The van der Waals surface area contributed by atoms with E-state index < -0.39 is 11.9 Å². The molecule has 0 aliphatic carbocycles. The van der Waals surface area contributed by atoms with Gasteiger partial charge in [0.25, 0.3) is 5.91 Å². The average Bonchev–Trinajstić information content (AvgIpc) is 3.08. The summed E-state index contributed by atoms with van der Waals surface area (Å²) >= 11 is 6.91. The van der Waals surface area contributed by atoms with Gasteiger partial charge in [-0.2, -0.15) is 0 Å². The summed E-state index contributed by atoms with van der Waals surface area (Å²) in [6.07, 6.45) is 1.57. The molecule has 174 valence electrons. The van der Waals surface area contributed by atoms with Crippen molar-refractivity contribution < 1.29 is 23.5 Å². The first-order valence-corrected chi connectivity index (χ1v) is 11.8. The standard InChI is InChI=1S/C25H19Br2FN2O4/c1-33-22-11-17(20(27)12-23(22)34-14-16-2-6-18(26)7-3-16)10-21-24(31)30(25(32)29-21)13-15-4-8-19(28)9-5-15/h2-12H,13-14H2,1H3,(H,29,32)/b21-10+. The number of nitrogens with zero attached hydrogens (tertiary/aromatic N) is 1. The molecule has 1 heterocycles. The van der Waals surface area contributed by atoms with Gasteiger partial charge in [0.05, 0.1) is 13.7 Å². The first-order chi connectivity index (χ1) is 16.3. The predicted octanol–water partition coefficient (Wildman–Crippen LogP) is 6.03. The van der Waals surface area contributed by atoms with Crippen molar-refractivity contribution >= 4 is 49.9 Å². The van der Waals surface area contributed by atoms with Gasteiger partial charge in [0.15, 0.2) is 11.5 Å². The second kappa shape index (κ2) is 10.4. The number of amides is 3. The summed E-state index contributed by atoms with van der Waals surface area (Å²) in [5, 5.41) is 2.59. The van der Waals surface area contributed by atoms with Gasteiger partial charge in [0.1, 0.15) is 18.1 Å². The Morgan fingerprint density at radius 2 is 1.65 bits per heavy atom. The van der Waals surface area contributed by atoms with Crippen molar-refractivity contribution in [2.75, 3.05) is 7.11 Å². The fourth-order valence-corrected chi connectivity index (χ4v) is 4.02. The lowest BCUT2D eigenvalue weighted by molar-refractivity contribution is -0.123. The summed E-state index contributed by atoms with van der Waals surface area (Å²) in [6.45, 7) is 0.388. The number of urea groups is 1. The van der Waals surface area contributed by atoms with Crippen molar-refractivity contribution in [3.63, 3.8) is 0 Å². The largest absolute Gasteiger partial charge is 0.493 e. The molecule has 0 spiro atoms. The second-order valence-electron chi connectivity index (χ2n) is 7.45. The van der Waals surface area contributed by atoms with E-state index in [9.17, 15) is 14.0 Å². The van der Waals surface area contributed by atoms with Crippen LogP contribution in [0.25, 0.3) is 6.08 Å². The van der Waals surface area contributed by atoms with Gasteiger partial charge < -0.3 is 14.8 Å². The smallest absolute Gasteiger partial charge is 0.329 e. The maximum atomic E-state index is 13.1. The van der Waals surface area contributed by atoms with Crippen molar-refractivity contribution in [3.05, 3.63) is 97.8 Å². The Bertz CT molecular complexity index is 1260. The summed E-state index contributed by atoms with van der Waals surface area (Å²) in [7, 11) is 1.53. The van der Waals surface area contributed by atoms with Gasteiger partial charge in [-0.25, -0.2) is 9.18 Å². The first-order valence-electron chi connectivity index (χ1n) is 10.2. The molecule has 0 unspecified atom stereocenters. The van der Waals surface area contributed by atoms with E-state index in [0.717, 1.165) is 14.9 Å². The lowest BCUT2D eigenvalue weighted by Crippen LogP contribution is -2.30. The van der Waals surface area contributed by atoms with Crippen LogP contribution in [0.2, 0.25) is 0 Å². The third-order valence-corrected chi connectivity index (χ3v) is 6.32. The summed E-state index contributed by atoms with van der Waals surface area (Å²) < 4.78 is 26.2. The Hall–Kier alpha value is -3.17. The van der Waals surface area contributed by atoms with Gasteiger partial charge in [-0.05, 0) is 59.2 Å². The third kappa shape index (κ3) is 5.48. The van der Waals surface area contributed by atoms with Gasteiger partial charge in [0.2, 0.25) is 0 Å². The van der Waals surface area contributed by atoms with Crippen LogP contribution in [0.15, 0.2) is 75.3 Å². The Morgan fingerprint density at radius 1 is 0.971 bits per heavy atom. The van der Waals surface area contributed by atoms with Crippen LogP contribution in [0.4, 0.5) is 9.18 Å². The minimum Gasteiger partial charge on any atom is -0.493 e. The van der Waals surface area contributed by atoms with E-state index in [0.29, 0.717) is 33.7 Å². The van der Waals surface area contributed by atoms with E-state index in [1.807, 2.05) is 24.3 Å². The minimum atomic E-state index is -0.543. The van der Waals surface area contributed by atoms with E-state index in [2.05, 4.69) is 37.2 Å². The zero-order valence-corrected chi connectivity index (χ0v) is 21.2. The molecule has 9 heteroatoms. The molecule has 1 N–H and O–H groups in total. The van der Waals surface area contributed by atoms with Crippen molar-refractivity contribution in [1.82, 2.24) is 10.2 Å². The Balaban J connectivity index is 1.52. The summed E-state index contributed by atoms with van der Waals surface area (Å²) in [6, 6.07) is 16.4. The predicted molar refractivity (Wildman–Crippen MR) is 133 cm³/mol. The molecule has 1 saturated heterocycles.